The van der Waals surface area contributed by atoms with Crippen LogP contribution in [0, 0.1) is 0 Å². The number of thiazole rings is 1. The molecule has 3 nitrogen and oxygen atoms in total. The third kappa shape index (κ3) is 4.47. The van der Waals surface area contributed by atoms with E-state index in [9.17, 15) is 13.2 Å². The number of piperazine rings is 1. The molecule has 0 amide bonds. The molecular weight excluding hydrogens is 383 g/mol. The number of alkyl halides is 3. The van der Waals surface area contributed by atoms with Crippen LogP contribution >= 0.6 is 11.3 Å². The Morgan fingerprint density at radius 2 is 1.71 bits per heavy atom. The fraction of sp³-hybridized carbons (Fsp3) is 0.381. The summed E-state index contributed by atoms with van der Waals surface area (Å²) in [6.45, 7) is 4.94. The van der Waals surface area contributed by atoms with Crippen LogP contribution in [0.3, 0.4) is 0 Å². The first-order chi connectivity index (χ1) is 13.5. The van der Waals surface area contributed by atoms with Gasteiger partial charge in [0, 0.05) is 31.9 Å². The number of nitrogens with zero attached hydrogens (tertiary/aromatic N) is 3. The van der Waals surface area contributed by atoms with Crippen molar-refractivity contribution in [1.29, 1.82) is 0 Å². The van der Waals surface area contributed by atoms with E-state index >= 15 is 0 Å². The van der Waals surface area contributed by atoms with E-state index in [0.717, 1.165) is 56.6 Å². The van der Waals surface area contributed by atoms with Gasteiger partial charge < -0.3 is 4.90 Å². The second-order valence-corrected chi connectivity index (χ2v) is 8.02. The summed E-state index contributed by atoms with van der Waals surface area (Å²) < 4.78 is 39.1. The maximum atomic E-state index is 12.6. The predicted molar refractivity (Wildman–Crippen MR) is 108 cm³/mol. The van der Waals surface area contributed by atoms with E-state index in [-0.39, 0.29) is 0 Å². The van der Waals surface area contributed by atoms with Crippen molar-refractivity contribution in [2.45, 2.75) is 19.0 Å². The Kier molecular flexibility index (Phi) is 5.55. The molecule has 0 bridgehead atoms. The highest BCUT2D eigenvalue weighted by atomic mass is 32.1. The van der Waals surface area contributed by atoms with Crippen LogP contribution in [0.1, 0.15) is 17.5 Å². The molecule has 0 saturated carbocycles. The fourth-order valence-electron chi connectivity index (χ4n) is 3.64. The van der Waals surface area contributed by atoms with Gasteiger partial charge in [0.15, 0.2) is 0 Å². The molecule has 0 aliphatic carbocycles. The second kappa shape index (κ2) is 8.09. The molecule has 2 aromatic carbocycles. The van der Waals surface area contributed by atoms with E-state index in [1.807, 2.05) is 5.51 Å². The van der Waals surface area contributed by atoms with Crippen molar-refractivity contribution >= 4 is 27.2 Å². The average molecular weight is 405 g/mol. The number of aryl methyl sites for hydroxylation is 1. The first kappa shape index (κ1) is 19.2. The monoisotopic (exact) mass is 405 g/mol. The number of aromatic nitrogens is 1. The Hall–Kier alpha value is -2.12. The van der Waals surface area contributed by atoms with Gasteiger partial charge >= 0.3 is 6.18 Å². The molecule has 0 radical (unpaired) electrons. The van der Waals surface area contributed by atoms with Crippen LogP contribution in [0.2, 0.25) is 0 Å². The summed E-state index contributed by atoms with van der Waals surface area (Å²) in [5.41, 5.74) is 4.54. The highest BCUT2D eigenvalue weighted by Crippen LogP contribution is 2.29. The molecule has 1 aliphatic rings. The van der Waals surface area contributed by atoms with E-state index in [2.05, 4.69) is 33.0 Å². The van der Waals surface area contributed by atoms with Gasteiger partial charge in [-0.25, -0.2) is 4.98 Å². The molecule has 148 valence electrons. The number of anilines is 1. The zero-order valence-electron chi connectivity index (χ0n) is 15.5. The lowest BCUT2D eigenvalue weighted by Gasteiger charge is -2.36. The molecule has 7 heteroatoms. The van der Waals surface area contributed by atoms with E-state index in [0.29, 0.717) is 0 Å². The Balaban J connectivity index is 1.23. The Bertz CT molecular complexity index is 913. The molecule has 3 aromatic rings. The van der Waals surface area contributed by atoms with Crippen molar-refractivity contribution in [3.63, 3.8) is 0 Å². The van der Waals surface area contributed by atoms with Gasteiger partial charge in [0.05, 0.1) is 21.3 Å². The number of hydrogen-bond acceptors (Lipinski definition) is 4. The van der Waals surface area contributed by atoms with Crippen LogP contribution in [-0.2, 0) is 12.6 Å². The third-order valence-electron chi connectivity index (χ3n) is 5.27. The highest BCUT2D eigenvalue weighted by Gasteiger charge is 2.29. The van der Waals surface area contributed by atoms with Crippen molar-refractivity contribution < 1.29 is 13.2 Å². The molecule has 0 atom stereocenters. The molecule has 1 aliphatic heterocycles. The third-order valence-corrected chi connectivity index (χ3v) is 6.08. The largest absolute Gasteiger partial charge is 0.416 e. The van der Waals surface area contributed by atoms with Crippen molar-refractivity contribution in [1.82, 2.24) is 9.88 Å². The standard InChI is InChI=1S/C21H22F3N3S/c22-21(23,24)17-5-3-16(4-6-17)2-1-9-26-10-12-27(13-11-26)18-7-8-20-19(14-18)25-15-28-20/h3-8,14-15H,1-2,9-13H2. The van der Waals surface area contributed by atoms with E-state index in [1.54, 1.807) is 23.5 Å². The molecule has 1 aromatic heterocycles. The van der Waals surface area contributed by atoms with Gasteiger partial charge in [0.25, 0.3) is 0 Å². The van der Waals surface area contributed by atoms with Crippen LogP contribution < -0.4 is 4.90 Å². The van der Waals surface area contributed by atoms with E-state index in [4.69, 9.17) is 0 Å². The van der Waals surface area contributed by atoms with Gasteiger partial charge in [-0.1, -0.05) is 12.1 Å². The molecule has 4 rings (SSSR count). The van der Waals surface area contributed by atoms with Crippen LogP contribution in [0.15, 0.2) is 48.0 Å². The quantitative estimate of drug-likeness (QED) is 0.591. The second-order valence-electron chi connectivity index (χ2n) is 7.13. The molecule has 1 saturated heterocycles. The SMILES string of the molecule is FC(F)(F)c1ccc(CCCN2CCN(c3ccc4scnc4c3)CC2)cc1. The fourth-order valence-corrected chi connectivity index (χ4v) is 4.30. The molecule has 1 fully saturated rings. The van der Waals surface area contributed by atoms with Crippen LogP contribution in [-0.4, -0.2) is 42.6 Å². The van der Waals surface area contributed by atoms with Crippen molar-refractivity contribution in [3.8, 4) is 0 Å². The minimum absolute atomic E-state index is 0.580. The zero-order valence-corrected chi connectivity index (χ0v) is 16.3. The van der Waals surface area contributed by atoms with Crippen molar-refractivity contribution in [2.24, 2.45) is 0 Å². The van der Waals surface area contributed by atoms with Gasteiger partial charge in [-0.15, -0.1) is 11.3 Å². The van der Waals surface area contributed by atoms with Crippen LogP contribution in [0.25, 0.3) is 10.2 Å². The summed E-state index contributed by atoms with van der Waals surface area (Å²) in [6, 6.07) is 12.0. The molecule has 0 unspecified atom stereocenters. The average Bonchev–Trinajstić information content (AvgIpc) is 3.16. The first-order valence-electron chi connectivity index (χ1n) is 9.46. The predicted octanol–water partition coefficient (Wildman–Crippen LogP) is 5.07. The Labute approximate surface area is 166 Å². The normalized spacial score (nSPS) is 16.0. The number of halogens is 3. The molecule has 0 spiro atoms. The van der Waals surface area contributed by atoms with Crippen molar-refractivity contribution in [3.05, 3.63) is 59.1 Å². The van der Waals surface area contributed by atoms with E-state index < -0.39 is 11.7 Å². The van der Waals surface area contributed by atoms with Gasteiger partial charge in [-0.3, -0.25) is 4.90 Å². The van der Waals surface area contributed by atoms with Crippen LogP contribution in [0.4, 0.5) is 18.9 Å². The topological polar surface area (TPSA) is 19.4 Å². The van der Waals surface area contributed by atoms with Gasteiger partial charge in [0.1, 0.15) is 0 Å². The summed E-state index contributed by atoms with van der Waals surface area (Å²) in [5, 5.41) is 0. The smallest absolute Gasteiger partial charge is 0.369 e. The van der Waals surface area contributed by atoms with Gasteiger partial charge in [-0.2, -0.15) is 13.2 Å². The summed E-state index contributed by atoms with van der Waals surface area (Å²) in [4.78, 5) is 9.22. The molecule has 0 N–H and O–H groups in total. The Morgan fingerprint density at radius 1 is 0.964 bits per heavy atom. The van der Waals surface area contributed by atoms with Crippen molar-refractivity contribution in [2.75, 3.05) is 37.6 Å². The van der Waals surface area contributed by atoms with Crippen LogP contribution in [0.5, 0.6) is 0 Å². The lowest BCUT2D eigenvalue weighted by Crippen LogP contribution is -2.46. The lowest BCUT2D eigenvalue weighted by atomic mass is 10.1. The lowest BCUT2D eigenvalue weighted by molar-refractivity contribution is -0.137. The minimum Gasteiger partial charge on any atom is -0.369 e. The zero-order chi connectivity index (χ0) is 19.6. The first-order valence-corrected chi connectivity index (χ1v) is 10.3. The molecule has 2 heterocycles. The van der Waals surface area contributed by atoms with E-state index in [1.165, 1.54) is 22.5 Å². The maximum absolute atomic E-state index is 12.6. The summed E-state index contributed by atoms with van der Waals surface area (Å²) >= 11 is 1.66. The highest BCUT2D eigenvalue weighted by molar-refractivity contribution is 7.16. The maximum Gasteiger partial charge on any atom is 0.416 e. The Morgan fingerprint density at radius 3 is 2.43 bits per heavy atom. The summed E-state index contributed by atoms with van der Waals surface area (Å²) in [6.07, 6.45) is -2.50. The van der Waals surface area contributed by atoms with Gasteiger partial charge in [0.2, 0.25) is 0 Å². The molecule has 28 heavy (non-hydrogen) atoms. The number of fused-ring (bicyclic) bond motifs is 1. The van der Waals surface area contributed by atoms with Gasteiger partial charge in [-0.05, 0) is 55.3 Å². The summed E-state index contributed by atoms with van der Waals surface area (Å²) in [5.74, 6) is 0. The number of benzene rings is 2. The molecular formula is C21H22F3N3S. The summed E-state index contributed by atoms with van der Waals surface area (Å²) in [7, 11) is 0. The number of hydrogen-bond donors (Lipinski definition) is 0. The number of rotatable bonds is 5. The minimum atomic E-state index is -4.26.